The number of hydrogen-bond acceptors (Lipinski definition) is 4. The summed E-state index contributed by atoms with van der Waals surface area (Å²) in [5, 5.41) is 2.60. The molecule has 0 radical (unpaired) electrons. The van der Waals surface area contributed by atoms with Gasteiger partial charge in [-0.3, -0.25) is 4.21 Å². The van der Waals surface area contributed by atoms with Crippen molar-refractivity contribution in [1.29, 1.82) is 0 Å². The molecule has 1 rings (SSSR count). The molecule has 0 bridgehead atoms. The van der Waals surface area contributed by atoms with Gasteiger partial charge in [-0.05, 0) is 12.0 Å². The Kier molecular flexibility index (Phi) is 8.28. The second kappa shape index (κ2) is 10.1. The maximum absolute atomic E-state index is 11.3. The van der Waals surface area contributed by atoms with Gasteiger partial charge in [-0.2, -0.15) is 0 Å². The molecule has 0 aliphatic heterocycles. The average molecular weight is 297 g/mol. The lowest BCUT2D eigenvalue weighted by molar-refractivity contribution is 0.140. The number of alkyl carbamates (subject to hydrolysis) is 1. The second-order valence-corrected chi connectivity index (χ2v) is 4.59. The molecule has 7 heteroatoms. The Morgan fingerprint density at radius 1 is 1.30 bits per heavy atom. The van der Waals surface area contributed by atoms with Gasteiger partial charge in [-0.25, -0.2) is 9.52 Å². The van der Waals surface area contributed by atoms with Gasteiger partial charge in [0.1, 0.15) is 6.61 Å². The topological polar surface area (TPSA) is 90.5 Å². The standard InChI is InChI=1S/C13H18N2O4S/c16-13(19-11-12-7-3-1-4-8-12)14-9-5-2-6-10-15-20(17)18/h1-4,6-8,15H,5,9-11H2,(H,14,16)(H,17,18)/p-1. The van der Waals surface area contributed by atoms with E-state index in [1.807, 2.05) is 30.3 Å². The first-order valence-electron chi connectivity index (χ1n) is 6.11. The number of benzene rings is 1. The third kappa shape index (κ3) is 8.41. The van der Waals surface area contributed by atoms with Crippen LogP contribution in [0.4, 0.5) is 4.79 Å². The van der Waals surface area contributed by atoms with Gasteiger partial charge in [0, 0.05) is 24.4 Å². The molecule has 0 saturated carbocycles. The van der Waals surface area contributed by atoms with Crippen molar-refractivity contribution in [1.82, 2.24) is 10.0 Å². The highest BCUT2D eigenvalue weighted by Gasteiger charge is 2.00. The van der Waals surface area contributed by atoms with Gasteiger partial charge in [-0.15, -0.1) is 0 Å². The number of amides is 1. The zero-order valence-electron chi connectivity index (χ0n) is 10.9. The summed E-state index contributed by atoms with van der Waals surface area (Å²) < 4.78 is 27.5. The van der Waals surface area contributed by atoms with Crippen molar-refractivity contribution in [2.75, 3.05) is 13.1 Å². The Hall–Kier alpha value is -1.70. The first-order chi connectivity index (χ1) is 9.68. The summed E-state index contributed by atoms with van der Waals surface area (Å²) >= 11 is -2.24. The summed E-state index contributed by atoms with van der Waals surface area (Å²) in [6.07, 6.45) is 3.58. The molecule has 1 unspecified atom stereocenters. The summed E-state index contributed by atoms with van der Waals surface area (Å²) in [6, 6.07) is 9.41. The Labute approximate surface area is 120 Å². The van der Waals surface area contributed by atoms with Crippen molar-refractivity contribution in [2.24, 2.45) is 0 Å². The molecule has 0 aliphatic carbocycles. The van der Waals surface area contributed by atoms with Crippen LogP contribution in [-0.2, 0) is 22.6 Å². The van der Waals surface area contributed by atoms with Gasteiger partial charge in [0.25, 0.3) is 0 Å². The SMILES string of the molecule is O=C(NCCC=CCNS(=O)[O-])OCc1ccccc1. The summed E-state index contributed by atoms with van der Waals surface area (Å²) in [5.41, 5.74) is 0.930. The lowest BCUT2D eigenvalue weighted by atomic mass is 10.2. The minimum absolute atomic E-state index is 0.238. The number of rotatable bonds is 8. The highest BCUT2D eigenvalue weighted by Crippen LogP contribution is 2.00. The van der Waals surface area contributed by atoms with E-state index in [9.17, 15) is 13.6 Å². The normalized spacial score (nSPS) is 12.2. The van der Waals surface area contributed by atoms with Crippen LogP contribution in [0.3, 0.4) is 0 Å². The Balaban J connectivity index is 2.04. The molecule has 0 saturated heterocycles. The lowest BCUT2D eigenvalue weighted by Crippen LogP contribution is -2.24. The van der Waals surface area contributed by atoms with Crippen LogP contribution in [0, 0.1) is 0 Å². The fourth-order valence-corrected chi connectivity index (χ4v) is 1.58. The van der Waals surface area contributed by atoms with E-state index >= 15 is 0 Å². The Morgan fingerprint density at radius 3 is 2.75 bits per heavy atom. The van der Waals surface area contributed by atoms with Crippen molar-refractivity contribution >= 4 is 17.4 Å². The first kappa shape index (κ1) is 16.4. The van der Waals surface area contributed by atoms with E-state index < -0.39 is 17.4 Å². The van der Waals surface area contributed by atoms with Gasteiger partial charge in [-0.1, -0.05) is 42.5 Å². The lowest BCUT2D eigenvalue weighted by Gasteiger charge is -2.06. The van der Waals surface area contributed by atoms with Gasteiger partial charge in [0.2, 0.25) is 0 Å². The number of ether oxygens (including phenoxy) is 1. The predicted octanol–water partition coefficient (Wildman–Crippen LogP) is 1.24. The van der Waals surface area contributed by atoms with Gasteiger partial charge < -0.3 is 14.6 Å². The van der Waals surface area contributed by atoms with Gasteiger partial charge in [0.05, 0.1) is 0 Å². The van der Waals surface area contributed by atoms with E-state index in [1.54, 1.807) is 12.2 Å². The highest BCUT2D eigenvalue weighted by atomic mass is 32.2. The highest BCUT2D eigenvalue weighted by molar-refractivity contribution is 7.77. The fourth-order valence-electron chi connectivity index (χ4n) is 1.35. The van der Waals surface area contributed by atoms with Crippen LogP contribution in [0.5, 0.6) is 0 Å². The summed E-state index contributed by atoms with van der Waals surface area (Å²) in [4.78, 5) is 11.3. The zero-order valence-corrected chi connectivity index (χ0v) is 11.7. The number of nitrogens with one attached hydrogen (secondary N) is 2. The molecule has 0 aromatic heterocycles. The van der Waals surface area contributed by atoms with Crippen molar-refractivity contribution in [3.05, 3.63) is 48.0 Å². The van der Waals surface area contributed by atoms with Crippen LogP contribution in [0.1, 0.15) is 12.0 Å². The second-order valence-electron chi connectivity index (χ2n) is 3.83. The minimum atomic E-state index is -2.24. The molecule has 0 fully saturated rings. The fraction of sp³-hybridized carbons (Fsp3) is 0.308. The molecule has 20 heavy (non-hydrogen) atoms. The number of carbonyl (C=O) groups excluding carboxylic acids is 1. The average Bonchev–Trinajstić information content (AvgIpc) is 2.45. The van der Waals surface area contributed by atoms with Crippen molar-refractivity contribution in [3.63, 3.8) is 0 Å². The van der Waals surface area contributed by atoms with E-state index in [0.29, 0.717) is 13.0 Å². The first-order valence-corrected chi connectivity index (χ1v) is 7.18. The smallest absolute Gasteiger partial charge is 0.407 e. The van der Waals surface area contributed by atoms with E-state index in [-0.39, 0.29) is 13.2 Å². The van der Waals surface area contributed by atoms with Crippen LogP contribution in [0.25, 0.3) is 0 Å². The summed E-state index contributed by atoms with van der Waals surface area (Å²) in [7, 11) is 0. The molecule has 6 nitrogen and oxygen atoms in total. The molecule has 2 N–H and O–H groups in total. The largest absolute Gasteiger partial charge is 0.760 e. The van der Waals surface area contributed by atoms with E-state index in [4.69, 9.17) is 4.74 Å². The van der Waals surface area contributed by atoms with Crippen LogP contribution in [0.15, 0.2) is 42.5 Å². The molecule has 1 aromatic carbocycles. The maximum atomic E-state index is 11.3. The number of hydrogen-bond donors (Lipinski definition) is 2. The van der Waals surface area contributed by atoms with Crippen LogP contribution >= 0.6 is 0 Å². The quantitative estimate of drug-likeness (QED) is 0.429. The van der Waals surface area contributed by atoms with Crippen molar-refractivity contribution in [3.8, 4) is 0 Å². The zero-order chi connectivity index (χ0) is 14.6. The molecule has 1 amide bonds. The van der Waals surface area contributed by atoms with E-state index in [0.717, 1.165) is 5.56 Å². The Morgan fingerprint density at radius 2 is 2.05 bits per heavy atom. The van der Waals surface area contributed by atoms with E-state index in [1.165, 1.54) is 0 Å². The Bertz CT molecular complexity index is 451. The van der Waals surface area contributed by atoms with Crippen molar-refractivity contribution in [2.45, 2.75) is 13.0 Å². The summed E-state index contributed by atoms with van der Waals surface area (Å²) in [6.45, 7) is 0.918. The number of carbonyl (C=O) groups is 1. The van der Waals surface area contributed by atoms with Gasteiger partial charge in [0.15, 0.2) is 0 Å². The predicted molar refractivity (Wildman–Crippen MR) is 75.3 cm³/mol. The van der Waals surface area contributed by atoms with E-state index in [2.05, 4.69) is 10.0 Å². The molecule has 1 aromatic rings. The van der Waals surface area contributed by atoms with Gasteiger partial charge >= 0.3 is 6.09 Å². The third-order valence-corrected chi connectivity index (χ3v) is 2.68. The van der Waals surface area contributed by atoms with Crippen LogP contribution in [-0.4, -0.2) is 27.9 Å². The molecular weight excluding hydrogens is 280 g/mol. The van der Waals surface area contributed by atoms with Crippen LogP contribution in [0.2, 0.25) is 0 Å². The molecule has 0 heterocycles. The third-order valence-electron chi connectivity index (χ3n) is 2.28. The summed E-state index contributed by atoms with van der Waals surface area (Å²) in [5.74, 6) is 0. The van der Waals surface area contributed by atoms with Crippen molar-refractivity contribution < 1.29 is 18.3 Å². The molecular formula is C13H17N2O4S-. The monoisotopic (exact) mass is 297 g/mol. The molecule has 0 aliphatic rings. The molecule has 1 atom stereocenters. The maximum Gasteiger partial charge on any atom is 0.407 e. The minimum Gasteiger partial charge on any atom is -0.760 e. The molecule has 0 spiro atoms. The van der Waals surface area contributed by atoms with Crippen LogP contribution < -0.4 is 10.0 Å². The molecule has 110 valence electrons.